The van der Waals surface area contributed by atoms with Crippen molar-refractivity contribution in [3.63, 3.8) is 0 Å². The molecule has 0 saturated carbocycles. The van der Waals surface area contributed by atoms with Crippen LogP contribution >= 0.6 is 0 Å². The Kier molecular flexibility index (Phi) is 2.94. The van der Waals surface area contributed by atoms with Gasteiger partial charge in [-0.1, -0.05) is 24.3 Å². The Morgan fingerprint density at radius 1 is 1.00 bits per heavy atom. The minimum atomic E-state index is -0.680. The Balaban J connectivity index is 1.81. The molecule has 2 aromatic carbocycles. The number of benzene rings is 2. The summed E-state index contributed by atoms with van der Waals surface area (Å²) >= 11 is 0. The molecule has 6 nitrogen and oxygen atoms in total. The molecule has 0 spiro atoms. The molecule has 0 aliphatic rings. The van der Waals surface area contributed by atoms with Gasteiger partial charge in [-0.25, -0.2) is 9.79 Å². The predicted molar refractivity (Wildman–Crippen MR) is 85.4 cm³/mol. The summed E-state index contributed by atoms with van der Waals surface area (Å²) in [5.74, 6) is -0.184. The first-order valence-electron chi connectivity index (χ1n) is 6.87. The second-order valence-electron chi connectivity index (χ2n) is 4.87. The maximum Gasteiger partial charge on any atom is 0.348 e. The second kappa shape index (κ2) is 5.10. The molecule has 0 atom stereocenters. The number of aliphatic imine (C=N–C) groups is 1. The van der Waals surface area contributed by atoms with E-state index in [4.69, 9.17) is 8.83 Å². The van der Waals surface area contributed by atoms with Gasteiger partial charge in [-0.3, -0.25) is 0 Å². The van der Waals surface area contributed by atoms with Crippen LogP contribution in [-0.2, 0) is 0 Å². The highest BCUT2D eigenvalue weighted by molar-refractivity contribution is 5.94. The fourth-order valence-corrected chi connectivity index (χ4v) is 2.30. The minimum absolute atomic E-state index is 0.0500. The quantitative estimate of drug-likeness (QED) is 0.453. The van der Waals surface area contributed by atoms with Gasteiger partial charge in [-0.15, -0.1) is 0 Å². The molecule has 0 unspecified atom stereocenters. The molecule has 0 amide bonds. The van der Waals surface area contributed by atoms with Gasteiger partial charge < -0.3 is 13.9 Å². The van der Waals surface area contributed by atoms with Crippen LogP contribution < -0.4 is 5.63 Å². The number of oxazole rings is 1. The van der Waals surface area contributed by atoms with Crippen LogP contribution in [-0.4, -0.2) is 16.3 Å². The molecule has 0 fully saturated rings. The van der Waals surface area contributed by atoms with Crippen molar-refractivity contribution < 1.29 is 13.9 Å². The zero-order chi connectivity index (χ0) is 15.8. The number of rotatable bonds is 2. The van der Waals surface area contributed by atoms with Crippen LogP contribution in [0.3, 0.4) is 0 Å². The van der Waals surface area contributed by atoms with Crippen LogP contribution in [0.2, 0.25) is 0 Å². The number of fused-ring (bicyclic) bond motifs is 2. The van der Waals surface area contributed by atoms with Gasteiger partial charge in [-0.2, -0.15) is 4.98 Å². The van der Waals surface area contributed by atoms with Gasteiger partial charge >= 0.3 is 11.6 Å². The van der Waals surface area contributed by atoms with Gasteiger partial charge in [0.1, 0.15) is 22.4 Å². The third-order valence-electron chi connectivity index (χ3n) is 3.41. The Bertz CT molecular complexity index is 1080. The number of hydrogen-bond donors (Lipinski definition) is 1. The zero-order valence-corrected chi connectivity index (χ0v) is 11.8. The van der Waals surface area contributed by atoms with Gasteiger partial charge in [0.05, 0.1) is 11.6 Å². The number of nitrogens with zero attached hydrogens (tertiary/aromatic N) is 2. The molecule has 0 aliphatic carbocycles. The third-order valence-corrected chi connectivity index (χ3v) is 3.41. The summed E-state index contributed by atoms with van der Waals surface area (Å²) in [5.41, 5.74) is 0.838. The molecule has 0 radical (unpaired) electrons. The highest BCUT2D eigenvalue weighted by Gasteiger charge is 2.12. The van der Waals surface area contributed by atoms with Crippen LogP contribution in [0.15, 0.2) is 67.2 Å². The monoisotopic (exact) mass is 306 g/mol. The van der Waals surface area contributed by atoms with Crippen molar-refractivity contribution in [2.24, 2.45) is 4.99 Å². The van der Waals surface area contributed by atoms with Gasteiger partial charge in [-0.05, 0) is 24.3 Å². The molecule has 0 saturated heterocycles. The summed E-state index contributed by atoms with van der Waals surface area (Å²) in [6.07, 6.45) is 1.19. The molecule has 2 aromatic heterocycles. The third kappa shape index (κ3) is 2.26. The van der Waals surface area contributed by atoms with Crippen molar-refractivity contribution in [2.75, 3.05) is 0 Å². The van der Waals surface area contributed by atoms with Crippen molar-refractivity contribution in [1.29, 1.82) is 0 Å². The molecule has 2 heterocycles. The van der Waals surface area contributed by atoms with E-state index in [1.807, 2.05) is 12.1 Å². The van der Waals surface area contributed by atoms with Gasteiger partial charge in [0.15, 0.2) is 5.58 Å². The molecule has 112 valence electrons. The lowest BCUT2D eigenvalue weighted by atomic mass is 10.1. The Labute approximate surface area is 129 Å². The number of para-hydroxylation sites is 3. The van der Waals surface area contributed by atoms with Crippen molar-refractivity contribution in [1.82, 2.24) is 4.98 Å². The van der Waals surface area contributed by atoms with Crippen LogP contribution in [0.5, 0.6) is 5.75 Å². The number of hydrogen-bond acceptors (Lipinski definition) is 6. The van der Waals surface area contributed by atoms with Crippen molar-refractivity contribution in [2.45, 2.75) is 0 Å². The first-order chi connectivity index (χ1) is 11.2. The summed E-state index contributed by atoms with van der Waals surface area (Å²) in [7, 11) is 0. The summed E-state index contributed by atoms with van der Waals surface area (Å²) in [6.45, 7) is 0. The van der Waals surface area contributed by atoms with E-state index in [1.54, 1.807) is 36.4 Å². The van der Waals surface area contributed by atoms with E-state index >= 15 is 0 Å². The number of aromatic hydroxyl groups is 1. The normalized spacial score (nSPS) is 11.7. The van der Waals surface area contributed by atoms with E-state index in [-0.39, 0.29) is 17.3 Å². The second-order valence-corrected chi connectivity index (χ2v) is 4.87. The molecular weight excluding hydrogens is 296 g/mol. The van der Waals surface area contributed by atoms with E-state index in [2.05, 4.69) is 9.98 Å². The average Bonchev–Trinajstić information content (AvgIpc) is 2.97. The largest absolute Gasteiger partial charge is 0.506 e. The Morgan fingerprint density at radius 2 is 1.74 bits per heavy atom. The van der Waals surface area contributed by atoms with Crippen molar-refractivity contribution in [3.8, 4) is 5.75 Å². The van der Waals surface area contributed by atoms with Crippen LogP contribution in [0.1, 0.15) is 5.56 Å². The topological polar surface area (TPSA) is 88.8 Å². The van der Waals surface area contributed by atoms with Crippen LogP contribution in [0, 0.1) is 0 Å². The molecule has 0 aliphatic heterocycles. The van der Waals surface area contributed by atoms with E-state index in [9.17, 15) is 9.90 Å². The Morgan fingerprint density at radius 3 is 2.57 bits per heavy atom. The lowest BCUT2D eigenvalue weighted by Crippen LogP contribution is -2.06. The zero-order valence-electron chi connectivity index (χ0n) is 11.8. The van der Waals surface area contributed by atoms with Gasteiger partial charge in [0, 0.05) is 0 Å². The van der Waals surface area contributed by atoms with Crippen LogP contribution in [0.4, 0.5) is 6.01 Å². The highest BCUT2D eigenvalue weighted by Crippen LogP contribution is 2.26. The molecule has 4 rings (SSSR count). The molecule has 0 bridgehead atoms. The summed E-state index contributed by atoms with van der Waals surface area (Å²) in [5, 5.41) is 10.7. The molecular formula is C17H10N2O4. The van der Waals surface area contributed by atoms with Gasteiger partial charge in [0.2, 0.25) is 0 Å². The maximum atomic E-state index is 12.0. The lowest BCUT2D eigenvalue weighted by molar-refractivity contribution is 0.466. The van der Waals surface area contributed by atoms with Crippen molar-refractivity contribution >= 4 is 34.3 Å². The van der Waals surface area contributed by atoms with E-state index < -0.39 is 5.63 Å². The SMILES string of the molecule is O=c1oc2ccccc2c(O)c1C=Nc1nc2ccccc2o1. The number of aromatic nitrogens is 1. The first-order valence-corrected chi connectivity index (χ1v) is 6.87. The molecule has 1 N–H and O–H groups in total. The van der Waals surface area contributed by atoms with E-state index in [1.165, 1.54) is 6.21 Å². The smallest absolute Gasteiger partial charge is 0.348 e. The average molecular weight is 306 g/mol. The van der Waals surface area contributed by atoms with E-state index in [0.29, 0.717) is 22.1 Å². The fourth-order valence-electron chi connectivity index (χ4n) is 2.30. The van der Waals surface area contributed by atoms with Crippen LogP contribution in [0.25, 0.3) is 22.1 Å². The summed E-state index contributed by atoms with van der Waals surface area (Å²) < 4.78 is 10.6. The summed E-state index contributed by atoms with van der Waals surface area (Å²) in [6, 6.07) is 14.0. The van der Waals surface area contributed by atoms with Gasteiger partial charge in [0.25, 0.3) is 0 Å². The lowest BCUT2D eigenvalue weighted by Gasteiger charge is -2.01. The predicted octanol–water partition coefficient (Wildman–Crippen LogP) is 3.39. The highest BCUT2D eigenvalue weighted by atomic mass is 16.4. The van der Waals surface area contributed by atoms with E-state index in [0.717, 1.165) is 0 Å². The minimum Gasteiger partial charge on any atom is -0.506 e. The maximum absolute atomic E-state index is 12.0. The fraction of sp³-hybridized carbons (Fsp3) is 0. The standard InChI is InChI=1S/C17H10N2O4/c20-15-10-5-1-3-7-13(10)22-16(21)11(15)9-18-17-19-12-6-2-4-8-14(12)23-17/h1-9,20H. The first kappa shape index (κ1) is 13.3. The molecule has 4 aromatic rings. The summed E-state index contributed by atoms with van der Waals surface area (Å²) in [4.78, 5) is 20.2. The van der Waals surface area contributed by atoms with Crippen molar-refractivity contribution in [3.05, 3.63) is 64.5 Å². The molecule has 23 heavy (non-hydrogen) atoms. The Hall–Kier alpha value is -3.41. The molecule has 6 heteroatoms.